The van der Waals surface area contributed by atoms with Gasteiger partial charge in [0.05, 0.1) is 6.10 Å². The number of hydrogen-bond acceptors (Lipinski definition) is 2. The third-order valence-electron chi connectivity index (χ3n) is 2.33. The molecule has 1 unspecified atom stereocenters. The quantitative estimate of drug-likeness (QED) is 0.890. The van der Waals surface area contributed by atoms with Gasteiger partial charge in [-0.1, -0.05) is 28.1 Å². The number of benzene rings is 1. The van der Waals surface area contributed by atoms with E-state index in [2.05, 4.69) is 42.0 Å². The van der Waals surface area contributed by atoms with Crippen molar-refractivity contribution < 1.29 is 5.11 Å². The normalized spacial score (nSPS) is 13.8. The summed E-state index contributed by atoms with van der Waals surface area (Å²) >= 11 is 3.38. The van der Waals surface area contributed by atoms with Gasteiger partial charge in [0.2, 0.25) is 0 Å². The van der Waals surface area contributed by atoms with Crippen molar-refractivity contribution in [1.29, 1.82) is 0 Å². The van der Waals surface area contributed by atoms with Gasteiger partial charge >= 0.3 is 0 Å². The standard InChI is InChI=1S/C13H20BrNO/c1-13(2,3)15-9-8-12(16)10-4-6-11(14)7-5-10/h4-7,12,15-16H,8-9H2,1-3H3. The molecule has 1 rings (SSSR count). The molecule has 2 N–H and O–H groups in total. The summed E-state index contributed by atoms with van der Waals surface area (Å²) in [4.78, 5) is 0. The molecule has 3 heteroatoms. The van der Waals surface area contributed by atoms with E-state index < -0.39 is 0 Å². The lowest BCUT2D eigenvalue weighted by Gasteiger charge is -2.21. The molecular formula is C13H20BrNO. The molecule has 0 aliphatic rings. The van der Waals surface area contributed by atoms with Crippen LogP contribution in [0.15, 0.2) is 28.7 Å². The van der Waals surface area contributed by atoms with Gasteiger partial charge in [0.25, 0.3) is 0 Å². The molecule has 0 saturated carbocycles. The highest BCUT2D eigenvalue weighted by atomic mass is 79.9. The predicted molar refractivity (Wildman–Crippen MR) is 71.5 cm³/mol. The number of nitrogens with one attached hydrogen (secondary N) is 1. The fourth-order valence-corrected chi connectivity index (χ4v) is 1.70. The number of rotatable bonds is 4. The Bertz CT molecular complexity index is 316. The summed E-state index contributed by atoms with van der Waals surface area (Å²) in [5, 5.41) is 13.3. The second-order valence-corrected chi connectivity index (χ2v) is 5.95. The molecule has 90 valence electrons. The van der Waals surface area contributed by atoms with E-state index >= 15 is 0 Å². The van der Waals surface area contributed by atoms with E-state index in [-0.39, 0.29) is 11.6 Å². The van der Waals surface area contributed by atoms with E-state index in [1.165, 1.54) is 0 Å². The van der Waals surface area contributed by atoms with Crippen molar-refractivity contribution in [2.45, 2.75) is 38.8 Å². The van der Waals surface area contributed by atoms with Crippen LogP contribution in [0.3, 0.4) is 0 Å². The van der Waals surface area contributed by atoms with Crippen LogP contribution in [0.4, 0.5) is 0 Å². The first-order chi connectivity index (χ1) is 7.38. The Morgan fingerprint density at radius 1 is 1.25 bits per heavy atom. The minimum atomic E-state index is -0.386. The van der Waals surface area contributed by atoms with Crippen molar-refractivity contribution in [1.82, 2.24) is 5.32 Å². The lowest BCUT2D eigenvalue weighted by molar-refractivity contribution is 0.163. The van der Waals surface area contributed by atoms with Crippen molar-refractivity contribution in [2.75, 3.05) is 6.54 Å². The Morgan fingerprint density at radius 2 is 1.81 bits per heavy atom. The molecule has 0 aliphatic carbocycles. The Kier molecular flexibility index (Phi) is 4.96. The second kappa shape index (κ2) is 5.80. The zero-order valence-corrected chi connectivity index (χ0v) is 11.7. The number of aliphatic hydroxyl groups is 1. The zero-order chi connectivity index (χ0) is 12.2. The van der Waals surface area contributed by atoms with Crippen LogP contribution in [0.5, 0.6) is 0 Å². The summed E-state index contributed by atoms with van der Waals surface area (Å²) in [6.45, 7) is 7.19. The van der Waals surface area contributed by atoms with Crippen LogP contribution in [-0.2, 0) is 0 Å². The molecule has 0 aliphatic heterocycles. The van der Waals surface area contributed by atoms with Gasteiger partial charge < -0.3 is 10.4 Å². The van der Waals surface area contributed by atoms with Gasteiger partial charge in [0, 0.05) is 10.0 Å². The summed E-state index contributed by atoms with van der Waals surface area (Å²) in [7, 11) is 0. The van der Waals surface area contributed by atoms with Crippen LogP contribution in [0.25, 0.3) is 0 Å². The monoisotopic (exact) mass is 285 g/mol. The van der Waals surface area contributed by atoms with Crippen molar-refractivity contribution in [2.24, 2.45) is 0 Å². The highest BCUT2D eigenvalue weighted by molar-refractivity contribution is 9.10. The molecule has 2 nitrogen and oxygen atoms in total. The van der Waals surface area contributed by atoms with Crippen LogP contribution < -0.4 is 5.32 Å². The van der Waals surface area contributed by atoms with Crippen LogP contribution in [0.2, 0.25) is 0 Å². The topological polar surface area (TPSA) is 32.3 Å². The molecule has 0 spiro atoms. The molecule has 0 amide bonds. The van der Waals surface area contributed by atoms with Gasteiger partial charge in [-0.3, -0.25) is 0 Å². The Labute approximate surface area is 106 Å². The second-order valence-electron chi connectivity index (χ2n) is 5.03. The van der Waals surface area contributed by atoms with E-state index in [0.29, 0.717) is 0 Å². The Morgan fingerprint density at radius 3 is 2.31 bits per heavy atom. The van der Waals surface area contributed by atoms with E-state index in [1.807, 2.05) is 24.3 Å². The van der Waals surface area contributed by atoms with Gasteiger partial charge in [-0.05, 0) is 51.4 Å². The molecule has 0 saturated heterocycles. The van der Waals surface area contributed by atoms with E-state index in [1.54, 1.807) is 0 Å². The van der Waals surface area contributed by atoms with Crippen LogP contribution in [0.1, 0.15) is 38.9 Å². The molecule has 1 aromatic carbocycles. The molecule has 0 radical (unpaired) electrons. The highest BCUT2D eigenvalue weighted by Crippen LogP contribution is 2.19. The summed E-state index contributed by atoms with van der Waals surface area (Å²) in [6.07, 6.45) is 0.349. The molecule has 0 aromatic heterocycles. The Balaban J connectivity index is 2.41. The Hall–Kier alpha value is -0.380. The van der Waals surface area contributed by atoms with Crippen LogP contribution >= 0.6 is 15.9 Å². The summed E-state index contributed by atoms with van der Waals surface area (Å²) in [5.74, 6) is 0. The first-order valence-electron chi connectivity index (χ1n) is 5.57. The maximum absolute atomic E-state index is 9.95. The van der Waals surface area contributed by atoms with Gasteiger partial charge in [-0.2, -0.15) is 0 Å². The highest BCUT2D eigenvalue weighted by Gasteiger charge is 2.11. The fourth-order valence-electron chi connectivity index (χ4n) is 1.44. The summed E-state index contributed by atoms with van der Waals surface area (Å²) in [6, 6.07) is 7.81. The predicted octanol–water partition coefficient (Wildman–Crippen LogP) is 3.26. The number of halogens is 1. The third-order valence-corrected chi connectivity index (χ3v) is 2.86. The smallest absolute Gasteiger partial charge is 0.0802 e. The molecular weight excluding hydrogens is 266 g/mol. The van der Waals surface area contributed by atoms with Gasteiger partial charge in [0.1, 0.15) is 0 Å². The largest absolute Gasteiger partial charge is 0.388 e. The molecule has 1 aromatic rings. The van der Waals surface area contributed by atoms with Crippen molar-refractivity contribution in [3.8, 4) is 0 Å². The van der Waals surface area contributed by atoms with Gasteiger partial charge in [-0.25, -0.2) is 0 Å². The first kappa shape index (κ1) is 13.7. The molecule has 0 fully saturated rings. The van der Waals surface area contributed by atoms with E-state index in [9.17, 15) is 5.11 Å². The summed E-state index contributed by atoms with van der Waals surface area (Å²) in [5.41, 5.74) is 1.08. The maximum atomic E-state index is 9.95. The SMILES string of the molecule is CC(C)(C)NCCC(O)c1ccc(Br)cc1. The van der Waals surface area contributed by atoms with Crippen molar-refractivity contribution in [3.05, 3.63) is 34.3 Å². The maximum Gasteiger partial charge on any atom is 0.0802 e. The first-order valence-corrected chi connectivity index (χ1v) is 6.36. The number of hydrogen-bond donors (Lipinski definition) is 2. The van der Waals surface area contributed by atoms with Crippen molar-refractivity contribution in [3.63, 3.8) is 0 Å². The lowest BCUT2D eigenvalue weighted by Crippen LogP contribution is -2.36. The third kappa shape index (κ3) is 5.10. The molecule has 0 bridgehead atoms. The van der Waals surface area contributed by atoms with Crippen molar-refractivity contribution >= 4 is 15.9 Å². The van der Waals surface area contributed by atoms with Gasteiger partial charge in [-0.15, -0.1) is 0 Å². The summed E-state index contributed by atoms with van der Waals surface area (Å²) < 4.78 is 1.04. The van der Waals surface area contributed by atoms with Crippen LogP contribution in [0, 0.1) is 0 Å². The van der Waals surface area contributed by atoms with Gasteiger partial charge in [0.15, 0.2) is 0 Å². The minimum Gasteiger partial charge on any atom is -0.388 e. The zero-order valence-electron chi connectivity index (χ0n) is 10.1. The average molecular weight is 286 g/mol. The van der Waals surface area contributed by atoms with E-state index in [0.717, 1.165) is 23.0 Å². The molecule has 16 heavy (non-hydrogen) atoms. The number of aliphatic hydroxyl groups excluding tert-OH is 1. The fraction of sp³-hybridized carbons (Fsp3) is 0.538. The van der Waals surface area contributed by atoms with Crippen LogP contribution in [-0.4, -0.2) is 17.2 Å². The van der Waals surface area contributed by atoms with E-state index in [4.69, 9.17) is 0 Å². The lowest BCUT2D eigenvalue weighted by atomic mass is 10.1. The molecule has 0 heterocycles. The minimum absolute atomic E-state index is 0.111. The average Bonchev–Trinajstić information content (AvgIpc) is 2.16. The molecule has 1 atom stereocenters.